The maximum absolute atomic E-state index is 4.43. The minimum Gasteiger partial charge on any atom is -0.356 e. The van der Waals surface area contributed by atoms with Crippen LogP contribution in [0.1, 0.15) is 34.7 Å². The molecule has 2 aromatic carbocycles. The van der Waals surface area contributed by atoms with Crippen molar-refractivity contribution in [2.45, 2.75) is 25.8 Å². The van der Waals surface area contributed by atoms with E-state index in [0.29, 0.717) is 12.5 Å². The second-order valence-electron chi connectivity index (χ2n) is 6.78. The predicted octanol–water partition coefficient (Wildman–Crippen LogP) is 4.28. The Hall–Kier alpha value is -3.14. The molecule has 0 fully saturated rings. The molecular formula is C24H28N4. The molecule has 0 aliphatic rings. The van der Waals surface area contributed by atoms with Crippen molar-refractivity contribution in [1.29, 1.82) is 0 Å². The number of benzene rings is 2. The van der Waals surface area contributed by atoms with Crippen molar-refractivity contribution in [2.75, 3.05) is 13.6 Å². The van der Waals surface area contributed by atoms with E-state index in [-0.39, 0.29) is 0 Å². The van der Waals surface area contributed by atoms with Crippen molar-refractivity contribution in [3.05, 3.63) is 101 Å². The van der Waals surface area contributed by atoms with Crippen LogP contribution in [0.4, 0.5) is 0 Å². The summed E-state index contributed by atoms with van der Waals surface area (Å²) in [6.45, 7) is 3.56. The van der Waals surface area contributed by atoms with E-state index >= 15 is 0 Å². The van der Waals surface area contributed by atoms with Crippen molar-refractivity contribution in [3.63, 3.8) is 0 Å². The van der Waals surface area contributed by atoms with Crippen molar-refractivity contribution in [2.24, 2.45) is 4.99 Å². The lowest BCUT2D eigenvalue weighted by molar-refractivity contribution is 0.677. The summed E-state index contributed by atoms with van der Waals surface area (Å²) in [7, 11) is 1.80. The molecule has 0 saturated carbocycles. The number of aromatic nitrogens is 1. The third-order valence-electron chi connectivity index (χ3n) is 4.89. The molecule has 144 valence electrons. The molecule has 1 heterocycles. The number of aliphatic imine (C=N–C) groups is 1. The Kier molecular flexibility index (Phi) is 7.19. The number of pyridine rings is 1. The molecule has 0 aliphatic carbocycles. The van der Waals surface area contributed by atoms with Gasteiger partial charge in [0.05, 0.1) is 12.2 Å². The lowest BCUT2D eigenvalue weighted by Crippen LogP contribution is -2.38. The molecule has 0 unspecified atom stereocenters. The van der Waals surface area contributed by atoms with E-state index in [0.717, 1.165) is 24.6 Å². The minimum absolute atomic E-state index is 0.353. The zero-order valence-electron chi connectivity index (χ0n) is 16.6. The maximum atomic E-state index is 4.43. The quantitative estimate of drug-likeness (QED) is 0.481. The van der Waals surface area contributed by atoms with Gasteiger partial charge in [0.2, 0.25) is 0 Å². The third kappa shape index (κ3) is 5.43. The van der Waals surface area contributed by atoms with E-state index < -0.39 is 0 Å². The molecule has 28 heavy (non-hydrogen) atoms. The van der Waals surface area contributed by atoms with E-state index in [1.165, 1.54) is 16.7 Å². The number of nitrogens with one attached hydrogen (secondary N) is 2. The van der Waals surface area contributed by atoms with Crippen molar-refractivity contribution in [3.8, 4) is 0 Å². The average Bonchev–Trinajstić information content (AvgIpc) is 2.75. The van der Waals surface area contributed by atoms with Crippen LogP contribution in [0.2, 0.25) is 0 Å². The fourth-order valence-corrected chi connectivity index (χ4v) is 3.32. The molecule has 4 heteroatoms. The SMILES string of the molecule is CN=C(NCCC(c1ccccc1)c1ccccc1)NCc1ncccc1C. The maximum Gasteiger partial charge on any atom is 0.191 e. The number of rotatable bonds is 7. The number of guanidine groups is 1. The standard InChI is InChI=1S/C24H28N4/c1-19-10-9-16-26-23(19)18-28-24(25-2)27-17-15-22(20-11-5-3-6-12-20)21-13-7-4-8-14-21/h3-14,16,22H,15,17-18H2,1-2H3,(H2,25,27,28). The van der Waals surface area contributed by atoms with Crippen LogP contribution in [0.15, 0.2) is 84.0 Å². The average molecular weight is 373 g/mol. The van der Waals surface area contributed by atoms with Crippen LogP contribution in [-0.2, 0) is 6.54 Å². The van der Waals surface area contributed by atoms with Crippen LogP contribution in [0.25, 0.3) is 0 Å². The van der Waals surface area contributed by atoms with Gasteiger partial charge in [0.1, 0.15) is 0 Å². The molecule has 3 rings (SSSR count). The second-order valence-corrected chi connectivity index (χ2v) is 6.78. The summed E-state index contributed by atoms with van der Waals surface area (Å²) < 4.78 is 0. The third-order valence-corrected chi connectivity index (χ3v) is 4.89. The van der Waals surface area contributed by atoms with Gasteiger partial charge in [0.25, 0.3) is 0 Å². The molecule has 0 aliphatic heterocycles. The number of nitrogens with zero attached hydrogens (tertiary/aromatic N) is 2. The van der Waals surface area contributed by atoms with E-state index in [4.69, 9.17) is 0 Å². The van der Waals surface area contributed by atoms with Crippen LogP contribution in [0.3, 0.4) is 0 Å². The van der Waals surface area contributed by atoms with Crippen LogP contribution >= 0.6 is 0 Å². The lowest BCUT2D eigenvalue weighted by Gasteiger charge is -2.19. The first-order valence-corrected chi connectivity index (χ1v) is 9.73. The zero-order valence-corrected chi connectivity index (χ0v) is 16.6. The Morgan fingerprint density at radius 3 is 2.11 bits per heavy atom. The van der Waals surface area contributed by atoms with Gasteiger partial charge in [0, 0.05) is 25.7 Å². The summed E-state index contributed by atoms with van der Waals surface area (Å²) in [6, 6.07) is 25.4. The van der Waals surface area contributed by atoms with Gasteiger partial charge in [-0.25, -0.2) is 0 Å². The normalized spacial score (nSPS) is 11.5. The van der Waals surface area contributed by atoms with E-state index in [9.17, 15) is 0 Å². The van der Waals surface area contributed by atoms with Gasteiger partial charge < -0.3 is 10.6 Å². The Labute approximate surface area is 167 Å². The number of aryl methyl sites for hydroxylation is 1. The van der Waals surface area contributed by atoms with Crippen LogP contribution < -0.4 is 10.6 Å². The van der Waals surface area contributed by atoms with E-state index in [1.54, 1.807) is 7.05 Å². The molecule has 0 amide bonds. The molecule has 0 spiro atoms. The van der Waals surface area contributed by atoms with Gasteiger partial charge in [-0.15, -0.1) is 0 Å². The highest BCUT2D eigenvalue weighted by molar-refractivity contribution is 5.79. The van der Waals surface area contributed by atoms with Crippen molar-refractivity contribution >= 4 is 5.96 Å². The van der Waals surface area contributed by atoms with Crippen LogP contribution in [-0.4, -0.2) is 24.5 Å². The van der Waals surface area contributed by atoms with Crippen LogP contribution in [0.5, 0.6) is 0 Å². The monoisotopic (exact) mass is 372 g/mol. The van der Waals surface area contributed by atoms with Crippen LogP contribution in [0, 0.1) is 6.92 Å². The van der Waals surface area contributed by atoms with Gasteiger partial charge >= 0.3 is 0 Å². The Morgan fingerprint density at radius 1 is 0.893 bits per heavy atom. The molecule has 0 saturated heterocycles. The van der Waals surface area contributed by atoms with Gasteiger partial charge in [-0.2, -0.15) is 0 Å². The van der Waals surface area contributed by atoms with Gasteiger partial charge in [-0.3, -0.25) is 9.98 Å². The first-order valence-electron chi connectivity index (χ1n) is 9.73. The van der Waals surface area contributed by atoms with Gasteiger partial charge in [-0.1, -0.05) is 66.7 Å². The Morgan fingerprint density at radius 2 is 1.54 bits per heavy atom. The molecule has 0 bridgehead atoms. The molecular weight excluding hydrogens is 344 g/mol. The first-order chi connectivity index (χ1) is 13.8. The minimum atomic E-state index is 0.353. The number of hydrogen-bond acceptors (Lipinski definition) is 2. The fourth-order valence-electron chi connectivity index (χ4n) is 3.32. The van der Waals surface area contributed by atoms with Gasteiger partial charge in [0.15, 0.2) is 5.96 Å². The highest BCUT2D eigenvalue weighted by Crippen LogP contribution is 2.27. The molecule has 3 aromatic rings. The summed E-state index contributed by atoms with van der Waals surface area (Å²) in [6.07, 6.45) is 2.81. The lowest BCUT2D eigenvalue weighted by atomic mass is 9.88. The highest BCUT2D eigenvalue weighted by Gasteiger charge is 2.13. The highest BCUT2D eigenvalue weighted by atomic mass is 15.2. The van der Waals surface area contributed by atoms with E-state index in [2.05, 4.69) is 94.3 Å². The zero-order chi connectivity index (χ0) is 19.6. The Balaban J connectivity index is 1.59. The molecule has 0 atom stereocenters. The predicted molar refractivity (Wildman–Crippen MR) is 117 cm³/mol. The van der Waals surface area contributed by atoms with Crippen molar-refractivity contribution in [1.82, 2.24) is 15.6 Å². The Bertz CT molecular complexity index is 836. The van der Waals surface area contributed by atoms with E-state index in [1.807, 2.05) is 12.3 Å². The molecule has 0 radical (unpaired) electrons. The summed E-state index contributed by atoms with van der Waals surface area (Å²) in [5.74, 6) is 1.15. The fraction of sp³-hybridized carbons (Fsp3) is 0.250. The largest absolute Gasteiger partial charge is 0.356 e. The molecule has 1 aromatic heterocycles. The van der Waals surface area contributed by atoms with Crippen molar-refractivity contribution < 1.29 is 0 Å². The summed E-state index contributed by atoms with van der Waals surface area (Å²) in [4.78, 5) is 8.77. The topological polar surface area (TPSA) is 49.3 Å². The molecule has 2 N–H and O–H groups in total. The number of hydrogen-bond donors (Lipinski definition) is 2. The summed E-state index contributed by atoms with van der Waals surface area (Å²) in [5, 5.41) is 6.80. The van der Waals surface area contributed by atoms with Gasteiger partial charge in [-0.05, 0) is 36.1 Å². The summed E-state index contributed by atoms with van der Waals surface area (Å²) >= 11 is 0. The summed E-state index contributed by atoms with van der Waals surface area (Å²) in [5.41, 5.74) is 4.89. The first kappa shape index (κ1) is 19.6. The molecule has 4 nitrogen and oxygen atoms in total. The second kappa shape index (κ2) is 10.3. The smallest absolute Gasteiger partial charge is 0.191 e.